The average Bonchev–Trinajstić information content (AvgIpc) is 2.81. The molecule has 1 heterocycles. The van der Waals surface area contributed by atoms with Gasteiger partial charge in [0.05, 0.1) is 16.8 Å². The van der Waals surface area contributed by atoms with E-state index >= 15 is 0 Å². The standard InChI is InChI=1S/C16H15N3O5/c1-9-3-2-4-12-13(9)16(22)18(15(12)21)17-14(20)10-5-7-11(8-6-10)19(23)24/h2-3,5-9,12-13H,4H2,1H3,(H,17,20)/t9-,12+,13-/m1/s1. The Morgan fingerprint density at radius 1 is 1.25 bits per heavy atom. The molecule has 8 heteroatoms. The summed E-state index contributed by atoms with van der Waals surface area (Å²) in [5, 5.41) is 11.4. The first-order valence-corrected chi connectivity index (χ1v) is 7.50. The minimum Gasteiger partial charge on any atom is -0.272 e. The number of hydrogen-bond acceptors (Lipinski definition) is 5. The number of hydrogen-bond donors (Lipinski definition) is 1. The van der Waals surface area contributed by atoms with Crippen molar-refractivity contribution in [3.63, 3.8) is 0 Å². The van der Waals surface area contributed by atoms with Crippen molar-refractivity contribution in [2.24, 2.45) is 17.8 Å². The number of fused-ring (bicyclic) bond motifs is 1. The maximum atomic E-state index is 12.4. The molecule has 1 aromatic carbocycles. The van der Waals surface area contributed by atoms with Gasteiger partial charge in [-0.25, -0.2) is 0 Å². The van der Waals surface area contributed by atoms with E-state index in [2.05, 4.69) is 5.43 Å². The van der Waals surface area contributed by atoms with Gasteiger partial charge in [-0.15, -0.1) is 0 Å². The minimum atomic E-state index is -0.661. The van der Waals surface area contributed by atoms with E-state index in [1.165, 1.54) is 24.3 Å². The number of non-ortho nitro benzene ring substituents is 1. The second-order valence-electron chi connectivity index (χ2n) is 5.91. The molecule has 2 aliphatic rings. The van der Waals surface area contributed by atoms with Gasteiger partial charge >= 0.3 is 0 Å². The molecule has 1 N–H and O–H groups in total. The molecule has 3 rings (SSSR count). The van der Waals surface area contributed by atoms with Crippen LogP contribution in [0.3, 0.4) is 0 Å². The predicted octanol–water partition coefficient (Wildman–Crippen LogP) is 1.44. The van der Waals surface area contributed by atoms with Crippen LogP contribution in [0.1, 0.15) is 23.7 Å². The lowest BCUT2D eigenvalue weighted by molar-refractivity contribution is -0.384. The number of rotatable bonds is 3. The minimum absolute atomic E-state index is 0.0681. The van der Waals surface area contributed by atoms with E-state index < -0.39 is 34.5 Å². The molecule has 1 fully saturated rings. The summed E-state index contributed by atoms with van der Waals surface area (Å²) in [6, 6.07) is 4.92. The number of allylic oxidation sites excluding steroid dienone is 2. The van der Waals surface area contributed by atoms with E-state index in [0.29, 0.717) is 6.42 Å². The zero-order valence-corrected chi connectivity index (χ0v) is 12.8. The van der Waals surface area contributed by atoms with E-state index in [0.717, 1.165) is 5.01 Å². The van der Waals surface area contributed by atoms with E-state index in [1.54, 1.807) is 0 Å². The molecule has 0 saturated carbocycles. The molecular formula is C16H15N3O5. The lowest BCUT2D eigenvalue weighted by Gasteiger charge is -2.22. The fraction of sp³-hybridized carbons (Fsp3) is 0.312. The molecule has 1 aliphatic heterocycles. The van der Waals surface area contributed by atoms with Crippen molar-refractivity contribution < 1.29 is 19.3 Å². The Morgan fingerprint density at radius 3 is 2.50 bits per heavy atom. The molecular weight excluding hydrogens is 314 g/mol. The molecule has 3 amide bonds. The summed E-state index contributed by atoms with van der Waals surface area (Å²) >= 11 is 0. The first kappa shape index (κ1) is 15.9. The largest absolute Gasteiger partial charge is 0.272 e. The van der Waals surface area contributed by atoms with Crippen LogP contribution in [0.2, 0.25) is 0 Å². The van der Waals surface area contributed by atoms with Gasteiger partial charge in [0.1, 0.15) is 0 Å². The number of carbonyl (C=O) groups excluding carboxylic acids is 3. The summed E-state index contributed by atoms with van der Waals surface area (Å²) in [6.45, 7) is 1.86. The van der Waals surface area contributed by atoms with Crippen molar-refractivity contribution in [1.82, 2.24) is 10.4 Å². The fourth-order valence-electron chi connectivity index (χ4n) is 3.16. The summed E-state index contributed by atoms with van der Waals surface area (Å²) in [5.74, 6) is -2.48. The third-order valence-electron chi connectivity index (χ3n) is 4.43. The van der Waals surface area contributed by atoms with Crippen LogP contribution in [0.4, 0.5) is 5.69 Å². The van der Waals surface area contributed by atoms with E-state index in [-0.39, 0.29) is 17.2 Å². The number of nitrogens with zero attached hydrogens (tertiary/aromatic N) is 2. The van der Waals surface area contributed by atoms with Crippen LogP contribution in [0.15, 0.2) is 36.4 Å². The summed E-state index contributed by atoms with van der Waals surface area (Å²) in [4.78, 5) is 47.1. The first-order chi connectivity index (χ1) is 11.4. The number of nitro benzene ring substituents is 1. The van der Waals surface area contributed by atoms with E-state index in [1.807, 2.05) is 19.1 Å². The molecule has 0 aromatic heterocycles. The third-order valence-corrected chi connectivity index (χ3v) is 4.43. The van der Waals surface area contributed by atoms with Crippen LogP contribution in [-0.4, -0.2) is 27.7 Å². The molecule has 0 unspecified atom stereocenters. The highest BCUT2D eigenvalue weighted by molar-refractivity contribution is 6.08. The molecule has 1 aromatic rings. The average molecular weight is 329 g/mol. The van der Waals surface area contributed by atoms with E-state index in [4.69, 9.17) is 0 Å². The smallest absolute Gasteiger partial charge is 0.270 e. The second-order valence-corrected chi connectivity index (χ2v) is 5.91. The van der Waals surface area contributed by atoms with Crippen molar-refractivity contribution >= 4 is 23.4 Å². The van der Waals surface area contributed by atoms with Gasteiger partial charge in [-0.1, -0.05) is 19.1 Å². The zero-order chi connectivity index (χ0) is 17.4. The Morgan fingerprint density at radius 2 is 1.92 bits per heavy atom. The Kier molecular flexibility index (Phi) is 3.88. The zero-order valence-electron chi connectivity index (χ0n) is 12.8. The second kappa shape index (κ2) is 5.88. The molecule has 0 radical (unpaired) electrons. The lowest BCUT2D eigenvalue weighted by Crippen LogP contribution is -2.46. The van der Waals surface area contributed by atoms with Crippen LogP contribution >= 0.6 is 0 Å². The van der Waals surface area contributed by atoms with Crippen LogP contribution in [0.25, 0.3) is 0 Å². The highest BCUT2D eigenvalue weighted by Gasteiger charge is 2.50. The van der Waals surface area contributed by atoms with Gasteiger partial charge < -0.3 is 0 Å². The Bertz CT molecular complexity index is 755. The number of benzene rings is 1. The Labute approximate surface area is 137 Å². The summed E-state index contributed by atoms with van der Waals surface area (Å²) in [5.41, 5.74) is 2.30. The number of nitro groups is 1. The molecule has 1 aliphatic carbocycles. The molecule has 0 bridgehead atoms. The van der Waals surface area contributed by atoms with Gasteiger partial charge in [0.2, 0.25) is 0 Å². The topological polar surface area (TPSA) is 110 Å². The first-order valence-electron chi connectivity index (χ1n) is 7.50. The van der Waals surface area contributed by atoms with E-state index in [9.17, 15) is 24.5 Å². The molecule has 124 valence electrons. The quantitative estimate of drug-likeness (QED) is 0.390. The highest BCUT2D eigenvalue weighted by Crippen LogP contribution is 2.37. The summed E-state index contributed by atoms with van der Waals surface area (Å²) < 4.78 is 0. The van der Waals surface area contributed by atoms with Crippen molar-refractivity contribution in [2.75, 3.05) is 0 Å². The predicted molar refractivity (Wildman–Crippen MR) is 82.3 cm³/mol. The van der Waals surface area contributed by atoms with Gasteiger partial charge in [0, 0.05) is 17.7 Å². The SMILES string of the molecule is C[C@@H]1C=CC[C@@H]2C(=O)N(NC(=O)c3ccc([N+](=O)[O-])cc3)C(=O)[C@H]12. The van der Waals surface area contributed by atoms with Gasteiger partial charge in [0.15, 0.2) is 0 Å². The lowest BCUT2D eigenvalue weighted by atomic mass is 9.78. The van der Waals surface area contributed by atoms with Gasteiger partial charge in [-0.2, -0.15) is 5.01 Å². The number of hydrazine groups is 1. The Hall–Kier alpha value is -3.03. The van der Waals surface area contributed by atoms with Crippen LogP contribution < -0.4 is 5.43 Å². The number of carbonyl (C=O) groups is 3. The number of nitrogens with one attached hydrogen (secondary N) is 1. The van der Waals surface area contributed by atoms with Crippen LogP contribution in [0, 0.1) is 27.9 Å². The number of imide groups is 1. The monoisotopic (exact) mass is 329 g/mol. The molecule has 3 atom stereocenters. The maximum Gasteiger partial charge on any atom is 0.270 e. The fourth-order valence-corrected chi connectivity index (χ4v) is 3.16. The number of amides is 3. The third kappa shape index (κ3) is 2.55. The molecule has 24 heavy (non-hydrogen) atoms. The van der Waals surface area contributed by atoms with Crippen LogP contribution in [-0.2, 0) is 9.59 Å². The van der Waals surface area contributed by atoms with Gasteiger partial charge in [0.25, 0.3) is 23.4 Å². The normalized spacial score (nSPS) is 25.5. The highest BCUT2D eigenvalue weighted by atomic mass is 16.6. The van der Waals surface area contributed by atoms with Crippen molar-refractivity contribution in [1.29, 1.82) is 0 Å². The maximum absolute atomic E-state index is 12.4. The molecule has 1 saturated heterocycles. The van der Waals surface area contributed by atoms with Crippen molar-refractivity contribution in [3.8, 4) is 0 Å². The van der Waals surface area contributed by atoms with Gasteiger partial charge in [-0.05, 0) is 24.5 Å². The summed E-state index contributed by atoms with van der Waals surface area (Å²) in [7, 11) is 0. The Balaban J connectivity index is 1.76. The summed E-state index contributed by atoms with van der Waals surface area (Å²) in [6.07, 6.45) is 4.25. The van der Waals surface area contributed by atoms with Gasteiger partial charge in [-0.3, -0.25) is 29.9 Å². The molecule has 8 nitrogen and oxygen atoms in total. The van der Waals surface area contributed by atoms with Crippen molar-refractivity contribution in [3.05, 3.63) is 52.1 Å². The van der Waals surface area contributed by atoms with Crippen molar-refractivity contribution in [2.45, 2.75) is 13.3 Å². The van der Waals surface area contributed by atoms with Crippen LogP contribution in [0.5, 0.6) is 0 Å². The molecule has 0 spiro atoms.